The molecule has 2 N–H and O–H groups in total. The van der Waals surface area contributed by atoms with Gasteiger partial charge in [-0.05, 0) is 29.8 Å². The first-order valence-corrected chi connectivity index (χ1v) is 9.23. The van der Waals surface area contributed by atoms with E-state index in [1.807, 2.05) is 6.07 Å². The second kappa shape index (κ2) is 7.04. The van der Waals surface area contributed by atoms with Gasteiger partial charge < -0.3 is 10.4 Å². The van der Waals surface area contributed by atoms with Gasteiger partial charge in [-0.2, -0.15) is 0 Å². The van der Waals surface area contributed by atoms with E-state index in [1.54, 1.807) is 37.3 Å². The highest BCUT2D eigenvalue weighted by molar-refractivity contribution is 7.93. The third-order valence-corrected chi connectivity index (χ3v) is 6.53. The van der Waals surface area contributed by atoms with Gasteiger partial charge in [0.15, 0.2) is 9.84 Å². The SMILES string of the molecule is CCS(=O)(=O)c1ccc(CNCc2cccc(C(=O)O)c2)s1. The molecule has 0 spiro atoms. The van der Waals surface area contributed by atoms with Gasteiger partial charge in [0.2, 0.25) is 0 Å². The zero-order valence-electron chi connectivity index (χ0n) is 12.1. The Balaban J connectivity index is 1.94. The first kappa shape index (κ1) is 16.7. The van der Waals surface area contributed by atoms with Crippen LogP contribution in [0.15, 0.2) is 40.6 Å². The summed E-state index contributed by atoms with van der Waals surface area (Å²) in [4.78, 5) is 11.8. The van der Waals surface area contributed by atoms with E-state index in [9.17, 15) is 13.2 Å². The highest BCUT2D eigenvalue weighted by Gasteiger charge is 2.14. The molecule has 7 heteroatoms. The molecule has 118 valence electrons. The summed E-state index contributed by atoms with van der Waals surface area (Å²) in [6.07, 6.45) is 0. The zero-order chi connectivity index (χ0) is 16.2. The minimum atomic E-state index is -3.14. The molecule has 5 nitrogen and oxygen atoms in total. The Kier molecular flexibility index (Phi) is 5.33. The Morgan fingerprint density at radius 1 is 1.23 bits per heavy atom. The van der Waals surface area contributed by atoms with Crippen molar-refractivity contribution in [2.45, 2.75) is 24.2 Å². The van der Waals surface area contributed by atoms with Gasteiger partial charge in [0.25, 0.3) is 0 Å². The minimum Gasteiger partial charge on any atom is -0.478 e. The number of aromatic carboxylic acids is 1. The van der Waals surface area contributed by atoms with Crippen molar-refractivity contribution in [3.05, 3.63) is 52.4 Å². The van der Waals surface area contributed by atoms with Gasteiger partial charge >= 0.3 is 5.97 Å². The molecule has 0 aliphatic heterocycles. The quantitative estimate of drug-likeness (QED) is 0.810. The van der Waals surface area contributed by atoms with Crippen LogP contribution in [-0.2, 0) is 22.9 Å². The van der Waals surface area contributed by atoms with Gasteiger partial charge in [0.05, 0.1) is 11.3 Å². The van der Waals surface area contributed by atoms with Crippen LogP contribution in [0.1, 0.15) is 27.7 Å². The lowest BCUT2D eigenvalue weighted by Gasteiger charge is -2.04. The van der Waals surface area contributed by atoms with Crippen LogP contribution in [-0.4, -0.2) is 25.2 Å². The van der Waals surface area contributed by atoms with Gasteiger partial charge in [0.1, 0.15) is 4.21 Å². The number of thiophene rings is 1. The number of hydrogen-bond donors (Lipinski definition) is 2. The van der Waals surface area contributed by atoms with E-state index in [-0.39, 0.29) is 11.3 Å². The highest BCUT2D eigenvalue weighted by atomic mass is 32.2. The summed E-state index contributed by atoms with van der Waals surface area (Å²) in [6.45, 7) is 2.69. The molecular weight excluding hydrogens is 322 g/mol. The summed E-state index contributed by atoms with van der Waals surface area (Å²) < 4.78 is 23.9. The van der Waals surface area contributed by atoms with E-state index in [0.717, 1.165) is 10.4 Å². The minimum absolute atomic E-state index is 0.0996. The molecule has 1 aromatic carbocycles. The molecule has 1 aromatic heterocycles. The Morgan fingerprint density at radius 2 is 2.00 bits per heavy atom. The molecule has 2 rings (SSSR count). The first-order valence-electron chi connectivity index (χ1n) is 6.77. The molecule has 0 unspecified atom stereocenters. The van der Waals surface area contributed by atoms with Crippen LogP contribution in [0.25, 0.3) is 0 Å². The molecule has 1 heterocycles. The molecule has 0 bridgehead atoms. The molecule has 0 aliphatic carbocycles. The van der Waals surface area contributed by atoms with Crippen molar-refractivity contribution in [3.8, 4) is 0 Å². The fourth-order valence-electron chi connectivity index (χ4n) is 1.91. The molecule has 0 saturated carbocycles. The van der Waals surface area contributed by atoms with Gasteiger partial charge in [-0.1, -0.05) is 19.1 Å². The van der Waals surface area contributed by atoms with Gasteiger partial charge in [-0.3, -0.25) is 0 Å². The predicted molar refractivity (Wildman–Crippen MR) is 86.0 cm³/mol. The average Bonchev–Trinajstić information content (AvgIpc) is 2.97. The summed E-state index contributed by atoms with van der Waals surface area (Å²) >= 11 is 1.26. The van der Waals surface area contributed by atoms with Crippen LogP contribution < -0.4 is 5.32 Å². The maximum absolute atomic E-state index is 11.7. The van der Waals surface area contributed by atoms with Crippen molar-refractivity contribution in [2.75, 3.05) is 5.75 Å². The number of nitrogens with one attached hydrogen (secondary N) is 1. The van der Waals surface area contributed by atoms with Crippen molar-refractivity contribution >= 4 is 27.1 Å². The molecular formula is C15H17NO4S2. The highest BCUT2D eigenvalue weighted by Crippen LogP contribution is 2.22. The lowest BCUT2D eigenvalue weighted by molar-refractivity contribution is 0.0696. The number of sulfone groups is 1. The van der Waals surface area contributed by atoms with Crippen LogP contribution in [0.5, 0.6) is 0 Å². The lowest BCUT2D eigenvalue weighted by Crippen LogP contribution is -2.12. The maximum Gasteiger partial charge on any atom is 0.335 e. The molecule has 22 heavy (non-hydrogen) atoms. The molecule has 0 saturated heterocycles. The number of carboxylic acid groups (broad SMARTS) is 1. The van der Waals surface area contributed by atoms with E-state index in [1.165, 1.54) is 11.3 Å². The van der Waals surface area contributed by atoms with Crippen LogP contribution in [0.3, 0.4) is 0 Å². The second-order valence-corrected chi connectivity index (χ2v) is 8.41. The molecule has 0 aliphatic rings. The van der Waals surface area contributed by atoms with Gasteiger partial charge in [-0.25, -0.2) is 13.2 Å². The maximum atomic E-state index is 11.7. The summed E-state index contributed by atoms with van der Waals surface area (Å²) in [5.74, 6) is -0.850. The van der Waals surface area contributed by atoms with Crippen molar-refractivity contribution in [3.63, 3.8) is 0 Å². The van der Waals surface area contributed by atoms with Gasteiger partial charge in [-0.15, -0.1) is 11.3 Å². The van der Waals surface area contributed by atoms with Crippen LogP contribution >= 0.6 is 11.3 Å². The summed E-state index contributed by atoms with van der Waals surface area (Å²) in [7, 11) is -3.14. The van der Waals surface area contributed by atoms with Crippen molar-refractivity contribution in [2.24, 2.45) is 0 Å². The zero-order valence-corrected chi connectivity index (χ0v) is 13.7. The Labute approximate surface area is 133 Å². The monoisotopic (exact) mass is 339 g/mol. The second-order valence-electron chi connectivity index (χ2n) is 4.73. The topological polar surface area (TPSA) is 83.5 Å². The fraction of sp³-hybridized carbons (Fsp3) is 0.267. The Morgan fingerprint density at radius 3 is 2.68 bits per heavy atom. The third kappa shape index (κ3) is 4.16. The first-order chi connectivity index (χ1) is 10.4. The molecule has 0 radical (unpaired) electrons. The third-order valence-electron chi connectivity index (χ3n) is 3.13. The summed E-state index contributed by atoms with van der Waals surface area (Å²) in [5, 5.41) is 12.1. The molecule has 0 atom stereocenters. The number of carboxylic acids is 1. The normalized spacial score (nSPS) is 11.5. The summed E-state index contributed by atoms with van der Waals surface area (Å²) in [5.41, 5.74) is 1.13. The number of hydrogen-bond acceptors (Lipinski definition) is 5. The van der Waals surface area contributed by atoms with Crippen LogP contribution in [0.4, 0.5) is 0 Å². The molecule has 0 fully saturated rings. The fourth-order valence-corrected chi connectivity index (χ4v) is 4.35. The van der Waals surface area contributed by atoms with E-state index in [2.05, 4.69) is 5.32 Å². The average molecular weight is 339 g/mol. The number of carbonyl (C=O) groups is 1. The van der Waals surface area contributed by atoms with Crippen molar-refractivity contribution < 1.29 is 18.3 Å². The predicted octanol–water partition coefficient (Wildman–Crippen LogP) is 2.53. The standard InChI is InChI=1S/C15H17NO4S2/c1-2-22(19,20)14-7-6-13(21-14)10-16-9-11-4-3-5-12(8-11)15(17)18/h3-8,16H,2,9-10H2,1H3,(H,17,18). The van der Waals surface area contributed by atoms with Crippen LogP contribution in [0.2, 0.25) is 0 Å². The van der Waals surface area contributed by atoms with Crippen molar-refractivity contribution in [1.82, 2.24) is 5.32 Å². The van der Waals surface area contributed by atoms with Crippen molar-refractivity contribution in [1.29, 1.82) is 0 Å². The number of benzene rings is 1. The van der Waals surface area contributed by atoms with Crippen LogP contribution in [0, 0.1) is 0 Å². The summed E-state index contributed by atoms with van der Waals surface area (Å²) in [6, 6.07) is 10.2. The molecule has 0 amide bonds. The molecule has 2 aromatic rings. The van der Waals surface area contributed by atoms with E-state index >= 15 is 0 Å². The Bertz CT molecular complexity index is 765. The van der Waals surface area contributed by atoms with E-state index < -0.39 is 15.8 Å². The Hall–Kier alpha value is -1.70. The van der Waals surface area contributed by atoms with Gasteiger partial charge in [0, 0.05) is 18.0 Å². The smallest absolute Gasteiger partial charge is 0.335 e. The lowest BCUT2D eigenvalue weighted by atomic mass is 10.1. The van der Waals surface area contributed by atoms with E-state index in [4.69, 9.17) is 5.11 Å². The largest absolute Gasteiger partial charge is 0.478 e. The number of rotatable bonds is 7. The van der Waals surface area contributed by atoms with E-state index in [0.29, 0.717) is 17.3 Å².